The van der Waals surface area contributed by atoms with E-state index in [9.17, 15) is 24.0 Å². The lowest BCUT2D eigenvalue weighted by molar-refractivity contribution is -0.141. The van der Waals surface area contributed by atoms with Crippen molar-refractivity contribution in [2.75, 3.05) is 13.1 Å². The number of rotatable bonds is 11. The molecule has 0 bridgehead atoms. The molecule has 35 heavy (non-hydrogen) atoms. The molecule has 1 fully saturated rings. The average molecular weight is 487 g/mol. The van der Waals surface area contributed by atoms with Gasteiger partial charge in [0.1, 0.15) is 18.6 Å². The number of nitrogens with two attached hydrogens (primary N) is 2. The average Bonchev–Trinajstić information content (AvgIpc) is 3.47. The second-order valence-corrected chi connectivity index (χ2v) is 8.54. The molecule has 0 saturated carbocycles. The number of para-hydroxylation sites is 1. The molecule has 1 aliphatic heterocycles. The largest absolute Gasteiger partial charge is 0.480 e. The van der Waals surface area contributed by atoms with E-state index in [-0.39, 0.29) is 19.3 Å². The number of likely N-dealkylation sites (tertiary alicyclic amines) is 1. The van der Waals surface area contributed by atoms with Crippen LogP contribution in [0.1, 0.15) is 31.2 Å². The van der Waals surface area contributed by atoms with E-state index < -0.39 is 54.3 Å². The Morgan fingerprint density at radius 3 is 2.66 bits per heavy atom. The number of benzene rings is 1. The highest BCUT2D eigenvalue weighted by atomic mass is 16.4. The number of amides is 4. The molecule has 12 heteroatoms. The third kappa shape index (κ3) is 6.57. The lowest BCUT2D eigenvalue weighted by atomic mass is 10.0. The lowest BCUT2D eigenvalue weighted by Gasteiger charge is -2.28. The summed E-state index contributed by atoms with van der Waals surface area (Å²) in [6, 6.07) is 4.59. The highest BCUT2D eigenvalue weighted by Gasteiger charge is 2.37. The number of hydrogen-bond donors (Lipinski definition) is 6. The SMILES string of the molecule is NC(=O)CCC(N)C(=O)N1CCCC1C(=O)NC(Cc1c[nH]c2ccccc12)C(=O)NCC(=O)O. The minimum absolute atomic E-state index is 0.0476. The smallest absolute Gasteiger partial charge is 0.322 e. The van der Waals surface area contributed by atoms with Crippen LogP contribution in [0.5, 0.6) is 0 Å². The van der Waals surface area contributed by atoms with Gasteiger partial charge in [-0.1, -0.05) is 18.2 Å². The fraction of sp³-hybridized carbons (Fsp3) is 0.435. The van der Waals surface area contributed by atoms with E-state index >= 15 is 0 Å². The van der Waals surface area contributed by atoms with E-state index in [0.29, 0.717) is 19.4 Å². The molecule has 1 aliphatic rings. The molecule has 3 rings (SSSR count). The van der Waals surface area contributed by atoms with Crippen LogP contribution in [-0.4, -0.2) is 75.8 Å². The molecule has 0 spiro atoms. The summed E-state index contributed by atoms with van der Waals surface area (Å²) in [5.74, 6) is -3.44. The number of fused-ring (bicyclic) bond motifs is 1. The topological polar surface area (TPSA) is 201 Å². The Morgan fingerprint density at radius 2 is 1.94 bits per heavy atom. The van der Waals surface area contributed by atoms with Crippen LogP contribution in [0, 0.1) is 0 Å². The van der Waals surface area contributed by atoms with Crippen LogP contribution >= 0.6 is 0 Å². The maximum Gasteiger partial charge on any atom is 0.322 e. The van der Waals surface area contributed by atoms with E-state index in [0.717, 1.165) is 16.5 Å². The predicted octanol–water partition coefficient (Wildman–Crippen LogP) is -1.02. The minimum Gasteiger partial charge on any atom is -0.480 e. The molecule has 1 aromatic heterocycles. The van der Waals surface area contributed by atoms with Gasteiger partial charge >= 0.3 is 5.97 Å². The van der Waals surface area contributed by atoms with Gasteiger partial charge in [-0.25, -0.2) is 0 Å². The second-order valence-electron chi connectivity index (χ2n) is 8.54. The summed E-state index contributed by atoms with van der Waals surface area (Å²) in [6.45, 7) is -0.276. The minimum atomic E-state index is -1.21. The van der Waals surface area contributed by atoms with Crippen LogP contribution in [0.15, 0.2) is 30.5 Å². The fourth-order valence-electron chi connectivity index (χ4n) is 4.22. The van der Waals surface area contributed by atoms with Crippen LogP contribution in [0.4, 0.5) is 0 Å². The zero-order chi connectivity index (χ0) is 25.5. The third-order valence-corrected chi connectivity index (χ3v) is 6.00. The van der Waals surface area contributed by atoms with Gasteiger partial charge in [0.2, 0.25) is 23.6 Å². The Kier molecular flexibility index (Phi) is 8.42. The summed E-state index contributed by atoms with van der Waals surface area (Å²) in [5, 5.41) is 14.8. The normalized spacial score (nSPS) is 17.1. The Bertz CT molecular complexity index is 1110. The number of hydrogen-bond acceptors (Lipinski definition) is 6. The first-order valence-electron chi connectivity index (χ1n) is 11.4. The van der Waals surface area contributed by atoms with Gasteiger partial charge in [0.05, 0.1) is 6.04 Å². The number of H-pyrrole nitrogens is 1. The molecule has 1 saturated heterocycles. The van der Waals surface area contributed by atoms with Crippen molar-refractivity contribution in [3.63, 3.8) is 0 Å². The molecule has 1 aromatic carbocycles. The number of aromatic nitrogens is 1. The van der Waals surface area contributed by atoms with Gasteiger partial charge in [0.25, 0.3) is 0 Å². The molecule has 3 atom stereocenters. The number of nitrogens with one attached hydrogen (secondary N) is 3. The number of primary amides is 1. The number of carbonyl (C=O) groups is 5. The van der Waals surface area contributed by atoms with Crippen LogP contribution in [-0.2, 0) is 30.4 Å². The lowest BCUT2D eigenvalue weighted by Crippen LogP contribution is -2.56. The van der Waals surface area contributed by atoms with Gasteiger partial charge in [-0.3, -0.25) is 24.0 Å². The third-order valence-electron chi connectivity index (χ3n) is 6.00. The van der Waals surface area contributed by atoms with Crippen LogP contribution < -0.4 is 22.1 Å². The van der Waals surface area contributed by atoms with Gasteiger partial charge in [0, 0.05) is 36.5 Å². The van der Waals surface area contributed by atoms with Crippen LogP contribution in [0.25, 0.3) is 10.9 Å². The Hall–Kier alpha value is -3.93. The van der Waals surface area contributed by atoms with Gasteiger partial charge in [-0.15, -0.1) is 0 Å². The zero-order valence-corrected chi connectivity index (χ0v) is 19.2. The molecule has 2 aromatic rings. The molecular weight excluding hydrogens is 456 g/mol. The number of nitrogens with zero attached hydrogens (tertiary/aromatic N) is 1. The zero-order valence-electron chi connectivity index (χ0n) is 19.2. The summed E-state index contributed by atoms with van der Waals surface area (Å²) >= 11 is 0. The second kappa shape index (κ2) is 11.5. The van der Waals surface area contributed by atoms with Crippen molar-refractivity contribution in [1.82, 2.24) is 20.5 Å². The molecule has 4 amide bonds. The number of aromatic amines is 1. The number of aliphatic carboxylic acids is 1. The fourth-order valence-corrected chi connectivity index (χ4v) is 4.22. The van der Waals surface area contributed by atoms with Gasteiger partial charge in [0.15, 0.2) is 0 Å². The number of carbonyl (C=O) groups excluding carboxylic acids is 4. The van der Waals surface area contributed by atoms with Crippen molar-refractivity contribution in [2.24, 2.45) is 11.5 Å². The van der Waals surface area contributed by atoms with Crippen LogP contribution in [0.2, 0.25) is 0 Å². The molecule has 8 N–H and O–H groups in total. The molecule has 12 nitrogen and oxygen atoms in total. The highest BCUT2D eigenvalue weighted by Crippen LogP contribution is 2.21. The van der Waals surface area contributed by atoms with Gasteiger partial charge in [-0.2, -0.15) is 0 Å². The quantitative estimate of drug-likeness (QED) is 0.233. The first-order chi connectivity index (χ1) is 16.7. The van der Waals surface area contributed by atoms with Gasteiger partial charge in [-0.05, 0) is 30.9 Å². The summed E-state index contributed by atoms with van der Waals surface area (Å²) in [4.78, 5) is 65.2. The number of carboxylic acid groups (broad SMARTS) is 1. The van der Waals surface area contributed by atoms with E-state index in [1.807, 2.05) is 24.3 Å². The molecule has 188 valence electrons. The summed E-state index contributed by atoms with van der Waals surface area (Å²) in [6.07, 6.45) is 2.83. The number of carboxylic acids is 1. The highest BCUT2D eigenvalue weighted by molar-refractivity contribution is 5.95. The molecule has 2 heterocycles. The molecule has 0 radical (unpaired) electrons. The van der Waals surface area contributed by atoms with Crippen molar-refractivity contribution in [3.8, 4) is 0 Å². The monoisotopic (exact) mass is 486 g/mol. The van der Waals surface area contributed by atoms with E-state index in [1.54, 1.807) is 6.20 Å². The first-order valence-corrected chi connectivity index (χ1v) is 11.4. The van der Waals surface area contributed by atoms with Crippen molar-refractivity contribution in [1.29, 1.82) is 0 Å². The molecule has 3 unspecified atom stereocenters. The molecule has 0 aliphatic carbocycles. The Labute approximate surface area is 201 Å². The van der Waals surface area contributed by atoms with Crippen molar-refractivity contribution < 1.29 is 29.1 Å². The maximum absolute atomic E-state index is 13.2. The van der Waals surface area contributed by atoms with Crippen LogP contribution in [0.3, 0.4) is 0 Å². The Balaban J connectivity index is 1.74. The van der Waals surface area contributed by atoms with Crippen molar-refractivity contribution >= 4 is 40.5 Å². The van der Waals surface area contributed by atoms with Gasteiger partial charge < -0.3 is 37.1 Å². The summed E-state index contributed by atoms with van der Waals surface area (Å²) in [5.41, 5.74) is 12.7. The van der Waals surface area contributed by atoms with E-state index in [1.165, 1.54) is 4.90 Å². The van der Waals surface area contributed by atoms with Crippen molar-refractivity contribution in [2.45, 2.75) is 50.2 Å². The standard InChI is InChI=1S/C23H30N6O6/c24-15(7-8-19(25)30)23(35)29-9-3-6-18(29)22(34)28-17(21(33)27-12-20(31)32)10-13-11-26-16-5-2-1-4-14(13)16/h1-2,4-5,11,15,17-18,26H,3,6-10,12,24H2,(H2,25,30)(H,27,33)(H,28,34)(H,31,32). The van der Waals surface area contributed by atoms with E-state index in [2.05, 4.69) is 15.6 Å². The van der Waals surface area contributed by atoms with E-state index in [4.69, 9.17) is 16.6 Å². The first kappa shape index (κ1) is 25.7. The Morgan fingerprint density at radius 1 is 1.20 bits per heavy atom. The summed E-state index contributed by atoms with van der Waals surface area (Å²) in [7, 11) is 0. The summed E-state index contributed by atoms with van der Waals surface area (Å²) < 4.78 is 0. The maximum atomic E-state index is 13.2. The predicted molar refractivity (Wildman–Crippen MR) is 126 cm³/mol. The molecular formula is C23H30N6O6. The van der Waals surface area contributed by atoms with Crippen molar-refractivity contribution in [3.05, 3.63) is 36.0 Å².